The Kier molecular flexibility index (Phi) is 5.24. The average Bonchev–Trinajstić information content (AvgIpc) is 2.82. The monoisotopic (exact) mass is 366 g/mol. The molecule has 0 aliphatic rings. The molecule has 1 amide bonds. The highest BCUT2D eigenvalue weighted by Crippen LogP contribution is 2.24. The standard InChI is InChI=1S/C16H19BrN2O3/c1-10(2)8-13(16(21)22)18-15(20)9-19-7-6-11-12(17)4-3-5-14(11)19/h3-7,10,13H,8-9H2,1-2H3,(H,18,20)(H,21,22)/t13-/m0/s1. The van der Waals surface area contributed by atoms with Crippen molar-refractivity contribution in [2.75, 3.05) is 0 Å². The van der Waals surface area contributed by atoms with Gasteiger partial charge in [0.25, 0.3) is 0 Å². The second kappa shape index (κ2) is 6.96. The van der Waals surface area contributed by atoms with Crippen LogP contribution in [0.2, 0.25) is 0 Å². The number of carboxylic acid groups (broad SMARTS) is 1. The Labute approximate surface area is 137 Å². The van der Waals surface area contributed by atoms with Crippen LogP contribution in [0.25, 0.3) is 10.9 Å². The van der Waals surface area contributed by atoms with E-state index in [4.69, 9.17) is 0 Å². The molecule has 1 aromatic heterocycles. The summed E-state index contributed by atoms with van der Waals surface area (Å²) in [6.45, 7) is 3.96. The maximum Gasteiger partial charge on any atom is 0.326 e. The number of hydrogen-bond acceptors (Lipinski definition) is 2. The van der Waals surface area contributed by atoms with Gasteiger partial charge in [0.05, 0.1) is 0 Å². The smallest absolute Gasteiger partial charge is 0.326 e. The van der Waals surface area contributed by atoms with Crippen molar-refractivity contribution in [2.45, 2.75) is 32.9 Å². The number of carboxylic acids is 1. The first-order valence-electron chi connectivity index (χ1n) is 7.14. The van der Waals surface area contributed by atoms with E-state index in [1.54, 1.807) is 0 Å². The molecule has 118 valence electrons. The number of rotatable bonds is 6. The number of amides is 1. The third kappa shape index (κ3) is 3.88. The first-order valence-corrected chi connectivity index (χ1v) is 7.93. The quantitative estimate of drug-likeness (QED) is 0.825. The largest absolute Gasteiger partial charge is 0.480 e. The van der Waals surface area contributed by atoms with Crippen LogP contribution in [-0.2, 0) is 16.1 Å². The highest BCUT2D eigenvalue weighted by atomic mass is 79.9. The summed E-state index contributed by atoms with van der Waals surface area (Å²) in [5.41, 5.74) is 0.931. The minimum absolute atomic E-state index is 0.0990. The van der Waals surface area contributed by atoms with Gasteiger partial charge in [-0.2, -0.15) is 0 Å². The number of carbonyl (C=O) groups is 2. The van der Waals surface area contributed by atoms with Crippen LogP contribution < -0.4 is 5.32 Å². The first-order chi connectivity index (χ1) is 10.4. The second-order valence-electron chi connectivity index (χ2n) is 5.70. The van der Waals surface area contributed by atoms with Crippen LogP contribution in [-0.4, -0.2) is 27.6 Å². The molecule has 0 spiro atoms. The second-order valence-corrected chi connectivity index (χ2v) is 6.56. The average molecular weight is 367 g/mol. The van der Waals surface area contributed by atoms with Crippen molar-refractivity contribution in [3.8, 4) is 0 Å². The fourth-order valence-electron chi connectivity index (χ4n) is 2.41. The fourth-order valence-corrected chi connectivity index (χ4v) is 2.90. The molecule has 0 bridgehead atoms. The molecule has 0 aliphatic heterocycles. The molecule has 1 atom stereocenters. The Morgan fingerprint density at radius 1 is 1.32 bits per heavy atom. The lowest BCUT2D eigenvalue weighted by Crippen LogP contribution is -2.43. The molecule has 5 nitrogen and oxygen atoms in total. The predicted octanol–water partition coefficient (Wildman–Crippen LogP) is 3.02. The topological polar surface area (TPSA) is 71.3 Å². The van der Waals surface area contributed by atoms with E-state index in [0.29, 0.717) is 6.42 Å². The number of carbonyl (C=O) groups excluding carboxylic acids is 1. The highest BCUT2D eigenvalue weighted by Gasteiger charge is 2.21. The van der Waals surface area contributed by atoms with Crippen LogP contribution in [0, 0.1) is 5.92 Å². The van der Waals surface area contributed by atoms with Crippen LogP contribution in [0.15, 0.2) is 34.9 Å². The summed E-state index contributed by atoms with van der Waals surface area (Å²) in [6, 6.07) is 6.85. The zero-order valence-corrected chi connectivity index (χ0v) is 14.1. The Morgan fingerprint density at radius 3 is 2.68 bits per heavy atom. The van der Waals surface area contributed by atoms with Gasteiger partial charge >= 0.3 is 5.97 Å². The first kappa shape index (κ1) is 16.5. The molecule has 0 fully saturated rings. The van der Waals surface area contributed by atoms with E-state index in [1.807, 2.05) is 48.9 Å². The Balaban J connectivity index is 2.10. The third-order valence-corrected chi connectivity index (χ3v) is 4.11. The van der Waals surface area contributed by atoms with Crippen molar-refractivity contribution in [1.29, 1.82) is 0 Å². The maximum atomic E-state index is 12.1. The minimum atomic E-state index is -0.998. The van der Waals surface area contributed by atoms with Gasteiger partial charge in [-0.25, -0.2) is 4.79 Å². The highest BCUT2D eigenvalue weighted by molar-refractivity contribution is 9.10. The summed E-state index contributed by atoms with van der Waals surface area (Å²) in [4.78, 5) is 23.3. The van der Waals surface area contributed by atoms with E-state index >= 15 is 0 Å². The molecule has 22 heavy (non-hydrogen) atoms. The molecular formula is C16H19BrN2O3. The molecular weight excluding hydrogens is 348 g/mol. The molecule has 2 rings (SSSR count). The molecule has 0 saturated carbocycles. The fraction of sp³-hybridized carbons (Fsp3) is 0.375. The van der Waals surface area contributed by atoms with Crippen LogP contribution in [0.5, 0.6) is 0 Å². The molecule has 1 heterocycles. The predicted molar refractivity (Wildman–Crippen MR) is 88.7 cm³/mol. The van der Waals surface area contributed by atoms with E-state index in [2.05, 4.69) is 21.2 Å². The van der Waals surface area contributed by atoms with Crippen molar-refractivity contribution >= 4 is 38.7 Å². The van der Waals surface area contributed by atoms with Gasteiger partial charge in [0, 0.05) is 21.6 Å². The Morgan fingerprint density at radius 2 is 2.05 bits per heavy atom. The molecule has 0 radical (unpaired) electrons. The van der Waals surface area contributed by atoms with Crippen LogP contribution in [0.1, 0.15) is 20.3 Å². The Hall–Kier alpha value is -1.82. The van der Waals surface area contributed by atoms with Gasteiger partial charge in [0.2, 0.25) is 5.91 Å². The number of aliphatic carboxylic acids is 1. The number of nitrogens with zero attached hydrogens (tertiary/aromatic N) is 1. The number of halogens is 1. The van der Waals surface area contributed by atoms with Gasteiger partial charge in [-0.05, 0) is 30.5 Å². The summed E-state index contributed by atoms with van der Waals surface area (Å²) in [6.07, 6.45) is 2.24. The zero-order valence-electron chi connectivity index (χ0n) is 12.5. The van der Waals surface area contributed by atoms with E-state index in [1.165, 1.54) is 0 Å². The van der Waals surface area contributed by atoms with E-state index in [9.17, 15) is 14.7 Å². The van der Waals surface area contributed by atoms with Crippen LogP contribution in [0.3, 0.4) is 0 Å². The SMILES string of the molecule is CC(C)C[C@H](NC(=O)Cn1ccc2c(Br)cccc21)C(=O)O. The summed E-state index contributed by atoms with van der Waals surface area (Å²) in [5, 5.41) is 12.8. The van der Waals surface area contributed by atoms with Crippen molar-refractivity contribution in [3.05, 3.63) is 34.9 Å². The molecule has 0 unspecified atom stereocenters. The summed E-state index contributed by atoms with van der Waals surface area (Å²) >= 11 is 3.47. The van der Waals surface area contributed by atoms with Gasteiger partial charge in [0.1, 0.15) is 12.6 Å². The summed E-state index contributed by atoms with van der Waals surface area (Å²) < 4.78 is 2.77. The molecule has 0 saturated heterocycles. The lowest BCUT2D eigenvalue weighted by molar-refractivity contribution is -0.142. The van der Waals surface area contributed by atoms with Crippen molar-refractivity contribution in [3.63, 3.8) is 0 Å². The lowest BCUT2D eigenvalue weighted by atomic mass is 10.0. The molecule has 2 aromatic rings. The van der Waals surface area contributed by atoms with Crippen molar-refractivity contribution in [1.82, 2.24) is 9.88 Å². The number of nitrogens with one attached hydrogen (secondary N) is 1. The van der Waals surface area contributed by atoms with Crippen LogP contribution in [0.4, 0.5) is 0 Å². The van der Waals surface area contributed by atoms with Crippen molar-refractivity contribution in [2.24, 2.45) is 5.92 Å². The van der Waals surface area contributed by atoms with E-state index in [-0.39, 0.29) is 18.4 Å². The minimum Gasteiger partial charge on any atom is -0.480 e. The zero-order chi connectivity index (χ0) is 16.3. The van der Waals surface area contributed by atoms with Gasteiger partial charge < -0.3 is 15.0 Å². The Bertz CT molecular complexity index is 694. The summed E-state index contributed by atoms with van der Waals surface area (Å²) in [5.74, 6) is -1.10. The summed E-state index contributed by atoms with van der Waals surface area (Å²) in [7, 11) is 0. The number of aromatic nitrogens is 1. The number of fused-ring (bicyclic) bond motifs is 1. The number of benzene rings is 1. The lowest BCUT2D eigenvalue weighted by Gasteiger charge is -2.17. The van der Waals surface area contributed by atoms with E-state index < -0.39 is 12.0 Å². The van der Waals surface area contributed by atoms with Crippen molar-refractivity contribution < 1.29 is 14.7 Å². The normalized spacial score (nSPS) is 12.5. The third-order valence-electron chi connectivity index (χ3n) is 3.41. The van der Waals surface area contributed by atoms with Gasteiger partial charge in [0.15, 0.2) is 0 Å². The molecule has 6 heteroatoms. The molecule has 2 N–H and O–H groups in total. The van der Waals surface area contributed by atoms with Gasteiger partial charge in [-0.15, -0.1) is 0 Å². The van der Waals surface area contributed by atoms with Crippen LogP contribution >= 0.6 is 15.9 Å². The van der Waals surface area contributed by atoms with E-state index in [0.717, 1.165) is 15.4 Å². The molecule has 0 aliphatic carbocycles. The van der Waals surface area contributed by atoms with Gasteiger partial charge in [-0.3, -0.25) is 4.79 Å². The van der Waals surface area contributed by atoms with Gasteiger partial charge in [-0.1, -0.05) is 35.8 Å². The number of hydrogen-bond donors (Lipinski definition) is 2. The molecule has 1 aromatic carbocycles. The maximum absolute atomic E-state index is 12.1.